The monoisotopic (exact) mass is 255 g/mol. The summed E-state index contributed by atoms with van der Waals surface area (Å²) in [6.45, 7) is 9.32. The Bertz CT molecular complexity index is 394. The molecule has 1 saturated carbocycles. The number of aromatic nitrogens is 2. The second kappa shape index (κ2) is 4.99. The van der Waals surface area contributed by atoms with Crippen LogP contribution in [0.3, 0.4) is 0 Å². The quantitative estimate of drug-likeness (QED) is 0.847. The maximum absolute atomic E-state index is 6.35. The number of hydrogen-bond acceptors (Lipinski definition) is 2. The van der Waals surface area contributed by atoms with E-state index in [4.69, 9.17) is 11.6 Å². The second-order valence-electron chi connectivity index (χ2n) is 5.29. The SMILES string of the molecule is CCc1nn(CC)c(CNCC2(C)CC2)c1Cl. The van der Waals surface area contributed by atoms with Crippen molar-refractivity contribution in [1.29, 1.82) is 0 Å². The highest BCUT2D eigenvalue weighted by Crippen LogP contribution is 2.44. The van der Waals surface area contributed by atoms with Crippen molar-refractivity contribution in [1.82, 2.24) is 15.1 Å². The topological polar surface area (TPSA) is 29.9 Å². The predicted molar refractivity (Wildman–Crippen MR) is 71.3 cm³/mol. The van der Waals surface area contributed by atoms with Crippen LogP contribution in [0.2, 0.25) is 5.02 Å². The van der Waals surface area contributed by atoms with Gasteiger partial charge in [-0.25, -0.2) is 0 Å². The van der Waals surface area contributed by atoms with Gasteiger partial charge in [-0.2, -0.15) is 5.10 Å². The zero-order valence-corrected chi connectivity index (χ0v) is 11.8. The van der Waals surface area contributed by atoms with Crippen molar-refractivity contribution >= 4 is 11.6 Å². The first-order valence-corrected chi connectivity index (χ1v) is 6.92. The lowest BCUT2D eigenvalue weighted by molar-refractivity contribution is 0.485. The molecule has 0 aliphatic heterocycles. The largest absolute Gasteiger partial charge is 0.311 e. The third-order valence-electron chi connectivity index (χ3n) is 3.64. The fourth-order valence-electron chi connectivity index (χ4n) is 2.06. The molecule has 4 heteroatoms. The number of hydrogen-bond donors (Lipinski definition) is 1. The Labute approximate surface area is 109 Å². The molecule has 1 aromatic rings. The van der Waals surface area contributed by atoms with Crippen molar-refractivity contribution in [3.63, 3.8) is 0 Å². The van der Waals surface area contributed by atoms with Gasteiger partial charge < -0.3 is 5.32 Å². The van der Waals surface area contributed by atoms with E-state index in [1.165, 1.54) is 12.8 Å². The fourth-order valence-corrected chi connectivity index (χ4v) is 2.39. The summed E-state index contributed by atoms with van der Waals surface area (Å²) in [7, 11) is 0. The van der Waals surface area contributed by atoms with E-state index < -0.39 is 0 Å². The van der Waals surface area contributed by atoms with Gasteiger partial charge in [0, 0.05) is 19.6 Å². The molecule has 1 fully saturated rings. The molecular weight excluding hydrogens is 234 g/mol. The van der Waals surface area contributed by atoms with Gasteiger partial charge in [0.15, 0.2) is 0 Å². The Hall–Kier alpha value is -0.540. The Balaban J connectivity index is 2.00. The third-order valence-corrected chi connectivity index (χ3v) is 4.08. The second-order valence-corrected chi connectivity index (χ2v) is 5.67. The maximum atomic E-state index is 6.35. The molecule has 0 aromatic carbocycles. The number of nitrogens with zero attached hydrogens (tertiary/aromatic N) is 2. The van der Waals surface area contributed by atoms with Gasteiger partial charge in [-0.15, -0.1) is 0 Å². The average molecular weight is 256 g/mol. The summed E-state index contributed by atoms with van der Waals surface area (Å²) in [5.74, 6) is 0. The van der Waals surface area contributed by atoms with Crippen LogP contribution in [0.4, 0.5) is 0 Å². The van der Waals surface area contributed by atoms with E-state index >= 15 is 0 Å². The van der Waals surface area contributed by atoms with E-state index in [0.29, 0.717) is 5.41 Å². The summed E-state index contributed by atoms with van der Waals surface area (Å²) in [6, 6.07) is 0. The van der Waals surface area contributed by atoms with E-state index in [9.17, 15) is 0 Å². The van der Waals surface area contributed by atoms with E-state index in [0.717, 1.165) is 42.5 Å². The van der Waals surface area contributed by atoms with Crippen LogP contribution in [0, 0.1) is 5.41 Å². The van der Waals surface area contributed by atoms with Crippen LogP contribution in [-0.2, 0) is 19.5 Å². The Kier molecular flexibility index (Phi) is 3.79. The van der Waals surface area contributed by atoms with Crippen LogP contribution in [0.15, 0.2) is 0 Å². The highest BCUT2D eigenvalue weighted by Gasteiger charge is 2.36. The number of nitrogens with one attached hydrogen (secondary N) is 1. The molecule has 3 nitrogen and oxygen atoms in total. The van der Waals surface area contributed by atoms with Crippen molar-refractivity contribution in [3.05, 3.63) is 16.4 Å². The van der Waals surface area contributed by atoms with Crippen molar-refractivity contribution in [2.75, 3.05) is 6.54 Å². The first kappa shape index (κ1) is 12.9. The minimum absolute atomic E-state index is 0.539. The van der Waals surface area contributed by atoms with Crippen LogP contribution in [0.5, 0.6) is 0 Å². The van der Waals surface area contributed by atoms with E-state index in [-0.39, 0.29) is 0 Å². The summed E-state index contributed by atoms with van der Waals surface area (Å²) < 4.78 is 2.02. The van der Waals surface area contributed by atoms with Crippen molar-refractivity contribution in [2.24, 2.45) is 5.41 Å². The zero-order valence-electron chi connectivity index (χ0n) is 11.0. The molecule has 96 valence electrons. The van der Waals surface area contributed by atoms with Crippen LogP contribution >= 0.6 is 11.6 Å². The predicted octanol–water partition coefficient (Wildman–Crippen LogP) is 3.01. The van der Waals surface area contributed by atoms with Crippen LogP contribution in [-0.4, -0.2) is 16.3 Å². The molecule has 1 aliphatic rings. The summed E-state index contributed by atoms with van der Waals surface area (Å²) >= 11 is 6.35. The summed E-state index contributed by atoms with van der Waals surface area (Å²) in [6.07, 6.45) is 3.60. The van der Waals surface area contributed by atoms with Crippen LogP contribution in [0.25, 0.3) is 0 Å². The number of aryl methyl sites for hydroxylation is 2. The van der Waals surface area contributed by atoms with Crippen LogP contribution < -0.4 is 5.32 Å². The zero-order chi connectivity index (χ0) is 12.5. The lowest BCUT2D eigenvalue weighted by Gasteiger charge is -2.11. The lowest BCUT2D eigenvalue weighted by atomic mass is 10.1. The maximum Gasteiger partial charge on any atom is 0.0863 e. The van der Waals surface area contributed by atoms with Gasteiger partial charge in [-0.3, -0.25) is 4.68 Å². The molecule has 1 N–H and O–H groups in total. The standard InChI is InChI=1S/C13H22ClN3/c1-4-10-12(14)11(17(5-2)16-10)8-15-9-13(3)6-7-13/h15H,4-9H2,1-3H3. The fraction of sp³-hybridized carbons (Fsp3) is 0.769. The molecule has 0 unspecified atom stereocenters. The minimum Gasteiger partial charge on any atom is -0.311 e. The highest BCUT2D eigenvalue weighted by atomic mass is 35.5. The van der Waals surface area contributed by atoms with Gasteiger partial charge in [0.05, 0.1) is 16.4 Å². The van der Waals surface area contributed by atoms with Crippen LogP contribution in [0.1, 0.15) is 45.0 Å². The Morgan fingerprint density at radius 1 is 1.41 bits per heavy atom. The van der Waals surface area contributed by atoms with Gasteiger partial charge in [-0.1, -0.05) is 25.4 Å². The molecule has 0 atom stereocenters. The smallest absolute Gasteiger partial charge is 0.0863 e. The van der Waals surface area contributed by atoms with Crippen molar-refractivity contribution in [3.8, 4) is 0 Å². The first-order chi connectivity index (χ1) is 8.09. The Morgan fingerprint density at radius 3 is 2.65 bits per heavy atom. The van der Waals surface area contributed by atoms with E-state index in [1.807, 2.05) is 4.68 Å². The average Bonchev–Trinajstić information content (AvgIpc) is 2.97. The molecule has 1 aliphatic carbocycles. The van der Waals surface area contributed by atoms with Crippen molar-refractivity contribution in [2.45, 2.75) is 53.1 Å². The molecule has 0 bridgehead atoms. The number of halogens is 1. The molecule has 0 saturated heterocycles. The molecule has 0 spiro atoms. The van der Waals surface area contributed by atoms with Crippen molar-refractivity contribution < 1.29 is 0 Å². The number of rotatable bonds is 6. The Morgan fingerprint density at radius 2 is 2.12 bits per heavy atom. The minimum atomic E-state index is 0.539. The molecule has 1 aromatic heterocycles. The van der Waals surface area contributed by atoms with Gasteiger partial charge in [0.25, 0.3) is 0 Å². The van der Waals surface area contributed by atoms with E-state index in [2.05, 4.69) is 31.2 Å². The molecule has 2 rings (SSSR count). The third kappa shape index (κ3) is 2.83. The highest BCUT2D eigenvalue weighted by molar-refractivity contribution is 6.31. The van der Waals surface area contributed by atoms with E-state index in [1.54, 1.807) is 0 Å². The van der Waals surface area contributed by atoms with Gasteiger partial charge in [0.2, 0.25) is 0 Å². The lowest BCUT2D eigenvalue weighted by Crippen LogP contribution is -2.23. The summed E-state index contributed by atoms with van der Waals surface area (Å²) in [4.78, 5) is 0. The summed E-state index contributed by atoms with van der Waals surface area (Å²) in [5.41, 5.74) is 2.69. The normalized spacial score (nSPS) is 17.4. The van der Waals surface area contributed by atoms with Gasteiger partial charge >= 0.3 is 0 Å². The molecular formula is C13H22ClN3. The summed E-state index contributed by atoms with van der Waals surface area (Å²) in [5, 5.41) is 8.88. The van der Waals surface area contributed by atoms with Gasteiger partial charge in [0.1, 0.15) is 0 Å². The molecule has 0 radical (unpaired) electrons. The molecule has 17 heavy (non-hydrogen) atoms. The first-order valence-electron chi connectivity index (χ1n) is 6.54. The van der Waals surface area contributed by atoms with Gasteiger partial charge in [-0.05, 0) is 31.6 Å². The molecule has 0 amide bonds. The molecule has 1 heterocycles.